The first-order valence-corrected chi connectivity index (χ1v) is 7.57. The van der Waals surface area contributed by atoms with Gasteiger partial charge < -0.3 is 9.47 Å². The van der Waals surface area contributed by atoms with Crippen LogP contribution in [0.2, 0.25) is 0 Å². The molecule has 3 fully saturated rings. The average molecular weight is 287 g/mol. The standard InChI is InChI=1S/C15H18N4O2/c1-10-2-4-12(5-3-10)13(8-16)11(18)19-15(14(12,13)9-17)20-6-7-21-15/h10H,2-7H2,1H3,(H2,18,19)/p+1/t10?,12?,13-,14+/m0/s1. The molecule has 0 aromatic heterocycles. The fraction of sp³-hybridized carbons (Fsp3) is 0.800. The molecule has 21 heavy (non-hydrogen) atoms. The highest BCUT2D eigenvalue weighted by Gasteiger charge is 3.03. The van der Waals surface area contributed by atoms with E-state index in [9.17, 15) is 10.5 Å². The van der Waals surface area contributed by atoms with Gasteiger partial charge in [-0.3, -0.25) is 5.73 Å². The second kappa shape index (κ2) is 3.58. The minimum Gasteiger partial charge on any atom is -0.311 e. The van der Waals surface area contributed by atoms with E-state index in [-0.39, 0.29) is 0 Å². The molecule has 0 amide bonds. The number of amidine groups is 1. The highest BCUT2D eigenvalue weighted by atomic mass is 16.8. The van der Waals surface area contributed by atoms with Crippen LogP contribution in [0.3, 0.4) is 0 Å². The van der Waals surface area contributed by atoms with Gasteiger partial charge in [0.25, 0.3) is 5.84 Å². The molecule has 2 heterocycles. The van der Waals surface area contributed by atoms with Gasteiger partial charge in [0.05, 0.1) is 25.4 Å². The highest BCUT2D eigenvalue weighted by molar-refractivity contribution is 5.95. The molecule has 2 aliphatic carbocycles. The zero-order valence-corrected chi connectivity index (χ0v) is 12.1. The van der Waals surface area contributed by atoms with Crippen LogP contribution in [0.1, 0.15) is 32.6 Å². The van der Waals surface area contributed by atoms with E-state index in [1.54, 1.807) is 0 Å². The van der Waals surface area contributed by atoms with Crippen LogP contribution >= 0.6 is 0 Å². The van der Waals surface area contributed by atoms with Gasteiger partial charge in [0.15, 0.2) is 10.8 Å². The molecule has 0 unspecified atom stereocenters. The van der Waals surface area contributed by atoms with Crippen LogP contribution in [0.15, 0.2) is 0 Å². The number of fused-ring (bicyclic) bond motifs is 4. The Morgan fingerprint density at radius 1 is 1.19 bits per heavy atom. The van der Waals surface area contributed by atoms with Gasteiger partial charge in [-0.25, -0.2) is 4.99 Å². The van der Waals surface area contributed by atoms with Gasteiger partial charge in [-0.2, -0.15) is 10.5 Å². The first-order valence-electron chi connectivity index (χ1n) is 7.57. The van der Waals surface area contributed by atoms with Crippen molar-refractivity contribution in [1.82, 2.24) is 0 Å². The second-order valence-electron chi connectivity index (χ2n) is 6.84. The maximum absolute atomic E-state index is 10.0. The first-order chi connectivity index (χ1) is 10.1. The molecule has 2 atom stereocenters. The van der Waals surface area contributed by atoms with Gasteiger partial charge in [0.1, 0.15) is 0 Å². The maximum Gasteiger partial charge on any atom is 0.343 e. The van der Waals surface area contributed by atoms with E-state index < -0.39 is 22.2 Å². The van der Waals surface area contributed by atoms with Gasteiger partial charge in [-0.1, -0.05) is 19.8 Å². The van der Waals surface area contributed by atoms with E-state index in [4.69, 9.17) is 15.2 Å². The quantitative estimate of drug-likeness (QED) is 0.617. The summed E-state index contributed by atoms with van der Waals surface area (Å²) in [4.78, 5) is 3.00. The number of rotatable bonds is 0. The van der Waals surface area contributed by atoms with Crippen LogP contribution in [-0.4, -0.2) is 25.0 Å². The minimum atomic E-state index is -1.23. The van der Waals surface area contributed by atoms with Gasteiger partial charge in [-0.05, 0) is 18.8 Å². The Morgan fingerprint density at radius 2 is 1.81 bits per heavy atom. The zero-order valence-electron chi connectivity index (χ0n) is 12.1. The zero-order chi connectivity index (χ0) is 14.9. The fourth-order valence-corrected chi connectivity index (χ4v) is 5.30. The van der Waals surface area contributed by atoms with Crippen LogP contribution in [0.5, 0.6) is 0 Å². The molecule has 1 saturated heterocycles. The average Bonchev–Trinajstić information content (AvgIpc) is 2.77. The van der Waals surface area contributed by atoms with E-state index in [0.29, 0.717) is 25.0 Å². The van der Waals surface area contributed by atoms with Crippen molar-refractivity contribution < 1.29 is 14.5 Å². The third-order valence-electron chi connectivity index (χ3n) is 6.29. The minimum absolute atomic E-state index is 0.350. The Kier molecular flexibility index (Phi) is 2.22. The number of nitriles is 2. The van der Waals surface area contributed by atoms with Crippen LogP contribution in [0.25, 0.3) is 0 Å². The van der Waals surface area contributed by atoms with Crippen LogP contribution in [0.4, 0.5) is 0 Å². The lowest BCUT2D eigenvalue weighted by Crippen LogP contribution is -2.90. The molecule has 3 N–H and O–H groups in total. The molecule has 4 rings (SSSR count). The number of nitrogens with two attached hydrogens (primary N) is 1. The summed E-state index contributed by atoms with van der Waals surface area (Å²) in [6, 6.07) is 4.78. The smallest absolute Gasteiger partial charge is 0.311 e. The third-order valence-corrected chi connectivity index (χ3v) is 6.29. The third kappa shape index (κ3) is 0.994. The van der Waals surface area contributed by atoms with E-state index in [1.807, 2.05) is 0 Å². The monoisotopic (exact) mass is 287 g/mol. The highest BCUT2D eigenvalue weighted by Crippen LogP contribution is 2.86. The van der Waals surface area contributed by atoms with E-state index in [2.05, 4.69) is 24.1 Å². The molecule has 0 aromatic rings. The molecule has 2 saturated carbocycles. The first kappa shape index (κ1) is 13.1. The fourth-order valence-electron chi connectivity index (χ4n) is 5.30. The lowest BCUT2D eigenvalue weighted by Gasteiger charge is -2.33. The number of nitrogens with one attached hydrogen (secondary N) is 1. The van der Waals surface area contributed by atoms with Crippen molar-refractivity contribution in [3.05, 3.63) is 0 Å². The lowest BCUT2D eigenvalue weighted by molar-refractivity contribution is -0.678. The summed E-state index contributed by atoms with van der Waals surface area (Å²) < 4.78 is 11.6. The van der Waals surface area contributed by atoms with Crippen molar-refractivity contribution in [2.45, 2.75) is 38.5 Å². The second-order valence-corrected chi connectivity index (χ2v) is 6.84. The molecular weight excluding hydrogens is 268 g/mol. The van der Waals surface area contributed by atoms with Crippen molar-refractivity contribution in [2.75, 3.05) is 13.2 Å². The lowest BCUT2D eigenvalue weighted by atomic mass is 9.73. The Bertz CT molecular complexity index is 617. The van der Waals surface area contributed by atoms with Crippen molar-refractivity contribution in [2.24, 2.45) is 27.9 Å². The molecule has 0 radical (unpaired) electrons. The van der Waals surface area contributed by atoms with Crippen LogP contribution in [-0.2, 0) is 9.47 Å². The molecule has 4 aliphatic rings. The molecule has 110 valence electrons. The van der Waals surface area contributed by atoms with E-state index in [0.717, 1.165) is 25.7 Å². The predicted octanol–water partition coefficient (Wildman–Crippen LogP) is -0.632. The normalized spacial score (nSPS) is 49.5. The Hall–Kier alpha value is -1.63. The van der Waals surface area contributed by atoms with Crippen molar-refractivity contribution in [1.29, 1.82) is 10.5 Å². The van der Waals surface area contributed by atoms with Crippen LogP contribution in [0, 0.1) is 44.8 Å². The SMILES string of the molecule is CC1CCC2(CC1)[C@@]1(C#N)C3([NH+]=C(N)[C@@]21C#N)OCCO3. The van der Waals surface area contributed by atoms with Crippen LogP contribution < -0.4 is 10.7 Å². The topological polar surface area (TPSA) is 106 Å². The van der Waals surface area contributed by atoms with E-state index in [1.165, 1.54) is 0 Å². The predicted molar refractivity (Wildman–Crippen MR) is 70.9 cm³/mol. The van der Waals surface area contributed by atoms with E-state index >= 15 is 0 Å². The number of hydrogen-bond acceptors (Lipinski definition) is 5. The molecule has 0 bridgehead atoms. The maximum atomic E-state index is 10.0. The summed E-state index contributed by atoms with van der Waals surface area (Å²) in [6.45, 7) is 3.04. The molecular formula is C15H19N4O2+. The number of hydrogen-bond donors (Lipinski definition) is 2. The summed E-state index contributed by atoms with van der Waals surface area (Å²) in [5, 5.41) is 19.9. The Balaban J connectivity index is 1.91. The number of nitrogens with zero attached hydrogens (tertiary/aromatic N) is 2. The van der Waals surface area contributed by atoms with Crippen molar-refractivity contribution in [3.8, 4) is 12.1 Å². The van der Waals surface area contributed by atoms with Gasteiger partial charge in [0.2, 0.25) is 0 Å². The van der Waals surface area contributed by atoms with Crippen molar-refractivity contribution in [3.63, 3.8) is 0 Å². The molecule has 2 spiro atoms. The number of ether oxygens (including phenoxy) is 2. The summed E-state index contributed by atoms with van der Waals surface area (Å²) >= 11 is 0. The summed E-state index contributed by atoms with van der Waals surface area (Å²) in [6.07, 6.45) is 3.67. The molecule has 6 heteroatoms. The summed E-state index contributed by atoms with van der Waals surface area (Å²) in [5.41, 5.74) is 3.75. The van der Waals surface area contributed by atoms with Gasteiger partial charge in [-0.15, -0.1) is 0 Å². The Morgan fingerprint density at radius 3 is 2.33 bits per heavy atom. The summed E-state index contributed by atoms with van der Waals surface area (Å²) in [5.74, 6) is -0.260. The molecule has 2 aliphatic heterocycles. The Labute approximate surface area is 123 Å². The molecule has 0 aromatic carbocycles. The van der Waals surface area contributed by atoms with Gasteiger partial charge >= 0.3 is 5.91 Å². The van der Waals surface area contributed by atoms with Crippen molar-refractivity contribution >= 4 is 5.84 Å². The summed E-state index contributed by atoms with van der Waals surface area (Å²) in [7, 11) is 0. The molecule has 6 nitrogen and oxygen atoms in total. The van der Waals surface area contributed by atoms with Gasteiger partial charge in [0, 0.05) is 5.41 Å². The largest absolute Gasteiger partial charge is 0.343 e.